The highest BCUT2D eigenvalue weighted by Crippen LogP contribution is 2.16. The van der Waals surface area contributed by atoms with E-state index in [-0.39, 0.29) is 28.6 Å². The standard InChI is InChI=1S/C12H19ClN4O/c1-7(2)11-16-6-9(13)10(17-11)12(18)15-5-4-8(3)14/h6-8H,4-5,14H2,1-3H3,(H,15,18). The summed E-state index contributed by atoms with van der Waals surface area (Å²) in [7, 11) is 0. The summed E-state index contributed by atoms with van der Waals surface area (Å²) < 4.78 is 0. The number of aromatic nitrogens is 2. The quantitative estimate of drug-likeness (QED) is 0.854. The first-order chi connectivity index (χ1) is 8.41. The van der Waals surface area contributed by atoms with Crippen molar-refractivity contribution in [2.75, 3.05) is 6.54 Å². The van der Waals surface area contributed by atoms with Gasteiger partial charge in [-0.1, -0.05) is 25.4 Å². The summed E-state index contributed by atoms with van der Waals surface area (Å²) in [5, 5.41) is 3.01. The van der Waals surface area contributed by atoms with Crippen molar-refractivity contribution in [1.82, 2.24) is 15.3 Å². The van der Waals surface area contributed by atoms with E-state index >= 15 is 0 Å². The molecule has 1 amide bonds. The zero-order valence-corrected chi connectivity index (χ0v) is 11.7. The molecule has 3 N–H and O–H groups in total. The average molecular weight is 271 g/mol. The summed E-state index contributed by atoms with van der Waals surface area (Å²) in [5.74, 6) is 0.472. The minimum Gasteiger partial charge on any atom is -0.351 e. The molecule has 1 aromatic rings. The zero-order valence-electron chi connectivity index (χ0n) is 10.9. The van der Waals surface area contributed by atoms with Crippen molar-refractivity contribution in [3.8, 4) is 0 Å². The van der Waals surface area contributed by atoms with Crippen molar-refractivity contribution in [3.63, 3.8) is 0 Å². The molecule has 0 aromatic carbocycles. The van der Waals surface area contributed by atoms with E-state index in [9.17, 15) is 4.79 Å². The highest BCUT2D eigenvalue weighted by molar-refractivity contribution is 6.33. The third-order valence-corrected chi connectivity index (χ3v) is 2.66. The highest BCUT2D eigenvalue weighted by atomic mass is 35.5. The van der Waals surface area contributed by atoms with Gasteiger partial charge >= 0.3 is 0 Å². The number of rotatable bonds is 5. The fourth-order valence-corrected chi connectivity index (χ4v) is 1.49. The van der Waals surface area contributed by atoms with Crippen LogP contribution in [0.4, 0.5) is 0 Å². The summed E-state index contributed by atoms with van der Waals surface area (Å²) in [4.78, 5) is 20.2. The lowest BCUT2D eigenvalue weighted by atomic mass is 10.2. The van der Waals surface area contributed by atoms with E-state index in [4.69, 9.17) is 17.3 Å². The van der Waals surface area contributed by atoms with Crippen LogP contribution in [0.1, 0.15) is 49.4 Å². The first kappa shape index (κ1) is 14.9. The molecule has 1 rings (SSSR count). The number of hydrogen-bond donors (Lipinski definition) is 2. The van der Waals surface area contributed by atoms with Crippen LogP contribution < -0.4 is 11.1 Å². The average Bonchev–Trinajstić information content (AvgIpc) is 2.28. The summed E-state index contributed by atoms with van der Waals surface area (Å²) in [6.45, 7) is 6.32. The molecule has 0 aliphatic rings. The minimum absolute atomic E-state index is 0.0531. The van der Waals surface area contributed by atoms with E-state index in [0.717, 1.165) is 0 Å². The molecular formula is C12H19ClN4O. The summed E-state index contributed by atoms with van der Waals surface area (Å²) in [6, 6.07) is 0.0531. The molecule has 0 saturated heterocycles. The smallest absolute Gasteiger partial charge is 0.271 e. The SMILES string of the molecule is CC(N)CCNC(=O)c1nc(C(C)C)ncc1Cl. The summed E-state index contributed by atoms with van der Waals surface area (Å²) in [5.41, 5.74) is 5.83. The van der Waals surface area contributed by atoms with Crippen LogP contribution in [-0.4, -0.2) is 28.5 Å². The minimum atomic E-state index is -0.287. The third-order valence-electron chi connectivity index (χ3n) is 2.38. The van der Waals surface area contributed by atoms with Crippen molar-refractivity contribution in [1.29, 1.82) is 0 Å². The Labute approximate surface area is 112 Å². The maximum atomic E-state index is 11.9. The maximum absolute atomic E-state index is 11.9. The lowest BCUT2D eigenvalue weighted by Gasteiger charge is -2.09. The molecule has 1 atom stereocenters. The second kappa shape index (κ2) is 6.66. The number of halogens is 1. The van der Waals surface area contributed by atoms with E-state index in [0.29, 0.717) is 18.8 Å². The van der Waals surface area contributed by atoms with Crippen molar-refractivity contribution in [2.45, 2.75) is 39.2 Å². The number of amides is 1. The largest absolute Gasteiger partial charge is 0.351 e. The summed E-state index contributed by atoms with van der Waals surface area (Å²) in [6.07, 6.45) is 2.18. The molecule has 0 saturated carbocycles. The molecule has 0 aliphatic carbocycles. The van der Waals surface area contributed by atoms with Crippen molar-refractivity contribution >= 4 is 17.5 Å². The van der Waals surface area contributed by atoms with Crippen LogP contribution in [-0.2, 0) is 0 Å². The number of carbonyl (C=O) groups is 1. The second-order valence-corrected chi connectivity index (χ2v) is 5.01. The molecule has 100 valence electrons. The van der Waals surface area contributed by atoms with Crippen LogP contribution in [0.3, 0.4) is 0 Å². The van der Waals surface area contributed by atoms with Crippen molar-refractivity contribution in [2.24, 2.45) is 5.73 Å². The molecule has 0 fully saturated rings. The molecule has 1 heterocycles. The van der Waals surface area contributed by atoms with Crippen LogP contribution in [0.5, 0.6) is 0 Å². The van der Waals surface area contributed by atoms with E-state index in [2.05, 4.69) is 15.3 Å². The van der Waals surface area contributed by atoms with Crippen LogP contribution in [0.15, 0.2) is 6.20 Å². The molecule has 1 aromatic heterocycles. The van der Waals surface area contributed by atoms with Gasteiger partial charge in [-0.15, -0.1) is 0 Å². The van der Waals surface area contributed by atoms with Gasteiger partial charge in [-0.3, -0.25) is 4.79 Å². The normalized spacial score (nSPS) is 12.6. The predicted octanol–water partition coefficient (Wildman–Crippen LogP) is 1.72. The molecule has 0 aliphatic heterocycles. The van der Waals surface area contributed by atoms with E-state index in [1.165, 1.54) is 6.20 Å². The Morgan fingerprint density at radius 3 is 2.72 bits per heavy atom. The molecule has 5 nitrogen and oxygen atoms in total. The van der Waals surface area contributed by atoms with Gasteiger partial charge in [0.1, 0.15) is 11.5 Å². The van der Waals surface area contributed by atoms with Crippen LogP contribution in [0.25, 0.3) is 0 Å². The molecule has 18 heavy (non-hydrogen) atoms. The first-order valence-corrected chi connectivity index (χ1v) is 6.35. The lowest BCUT2D eigenvalue weighted by Crippen LogP contribution is -2.30. The van der Waals surface area contributed by atoms with Crippen LogP contribution in [0.2, 0.25) is 5.02 Å². The molecule has 6 heteroatoms. The Morgan fingerprint density at radius 1 is 1.50 bits per heavy atom. The van der Waals surface area contributed by atoms with Crippen LogP contribution >= 0.6 is 11.6 Å². The van der Waals surface area contributed by atoms with E-state index < -0.39 is 0 Å². The first-order valence-electron chi connectivity index (χ1n) is 5.98. The maximum Gasteiger partial charge on any atom is 0.271 e. The number of hydrogen-bond acceptors (Lipinski definition) is 4. The van der Waals surface area contributed by atoms with Gasteiger partial charge in [0.25, 0.3) is 5.91 Å². The van der Waals surface area contributed by atoms with Gasteiger partial charge < -0.3 is 11.1 Å². The van der Waals surface area contributed by atoms with Crippen LogP contribution in [0, 0.1) is 0 Å². The number of nitrogens with two attached hydrogens (primary N) is 1. The van der Waals surface area contributed by atoms with Gasteiger partial charge in [-0.25, -0.2) is 9.97 Å². The fraction of sp³-hybridized carbons (Fsp3) is 0.583. The van der Waals surface area contributed by atoms with Gasteiger partial charge in [-0.2, -0.15) is 0 Å². The monoisotopic (exact) mass is 270 g/mol. The summed E-state index contributed by atoms with van der Waals surface area (Å²) >= 11 is 5.93. The Kier molecular flexibility index (Phi) is 5.50. The zero-order chi connectivity index (χ0) is 13.7. The molecule has 0 spiro atoms. The fourth-order valence-electron chi connectivity index (χ4n) is 1.32. The lowest BCUT2D eigenvalue weighted by molar-refractivity contribution is 0.0947. The number of carbonyl (C=O) groups excluding carboxylic acids is 1. The van der Waals surface area contributed by atoms with Crippen molar-refractivity contribution in [3.05, 3.63) is 22.7 Å². The Balaban J connectivity index is 2.75. The van der Waals surface area contributed by atoms with E-state index in [1.807, 2.05) is 20.8 Å². The number of nitrogens with one attached hydrogen (secondary N) is 1. The van der Waals surface area contributed by atoms with Gasteiger partial charge in [0, 0.05) is 18.5 Å². The Hall–Kier alpha value is -1.20. The van der Waals surface area contributed by atoms with Gasteiger partial charge in [0.15, 0.2) is 0 Å². The predicted molar refractivity (Wildman–Crippen MR) is 71.7 cm³/mol. The van der Waals surface area contributed by atoms with E-state index in [1.54, 1.807) is 0 Å². The second-order valence-electron chi connectivity index (χ2n) is 4.60. The Bertz CT molecular complexity index is 421. The van der Waals surface area contributed by atoms with Gasteiger partial charge in [-0.05, 0) is 13.3 Å². The molecular weight excluding hydrogens is 252 g/mol. The topological polar surface area (TPSA) is 80.9 Å². The van der Waals surface area contributed by atoms with Gasteiger partial charge in [0.05, 0.1) is 11.2 Å². The number of nitrogens with zero attached hydrogens (tertiary/aromatic N) is 2. The molecule has 1 unspecified atom stereocenters. The highest BCUT2D eigenvalue weighted by Gasteiger charge is 2.15. The molecule has 0 bridgehead atoms. The van der Waals surface area contributed by atoms with Crippen molar-refractivity contribution < 1.29 is 4.79 Å². The third kappa shape index (κ3) is 4.23. The Morgan fingerprint density at radius 2 is 2.17 bits per heavy atom. The van der Waals surface area contributed by atoms with Gasteiger partial charge in [0.2, 0.25) is 0 Å². The molecule has 0 radical (unpaired) electrons.